The molecule has 3 aliphatic heterocycles. The molecule has 0 aliphatic carbocycles. The number of hydrogen-bond acceptors (Lipinski definition) is 7. The first-order valence-corrected chi connectivity index (χ1v) is 9.42. The quantitative estimate of drug-likeness (QED) is 0.711. The lowest BCUT2D eigenvalue weighted by Crippen LogP contribution is -2.57. The predicted molar refractivity (Wildman–Crippen MR) is 98.3 cm³/mol. The molecule has 3 unspecified atom stereocenters. The molecule has 10 heteroatoms. The van der Waals surface area contributed by atoms with Gasteiger partial charge in [0.2, 0.25) is 5.91 Å². The summed E-state index contributed by atoms with van der Waals surface area (Å²) in [4.78, 5) is 39.4. The molecule has 3 atom stereocenters. The fraction of sp³-hybridized carbons (Fsp3) is 0.588. The molecule has 0 saturated carbocycles. The van der Waals surface area contributed by atoms with Gasteiger partial charge in [-0.05, 0) is 19.2 Å². The topological polar surface area (TPSA) is 92.1 Å². The SMILES string of the molecule is CN1CCN(OC(=O)C2C3[N]CCNC3C(=O)N2c2ccc(Cl)cn2)CC1. The summed E-state index contributed by atoms with van der Waals surface area (Å²) >= 11 is 5.92. The van der Waals surface area contributed by atoms with Crippen LogP contribution in [0.1, 0.15) is 0 Å². The lowest BCUT2D eigenvalue weighted by molar-refractivity contribution is -0.199. The van der Waals surface area contributed by atoms with Crippen molar-refractivity contribution in [3.63, 3.8) is 0 Å². The standard InChI is InChI=1S/C17H22ClN6O3/c1-22-6-8-23(9-7-22)27-17(26)15-13-14(20-5-4-19-13)16(25)24(15)12-3-2-11(18)10-21-12/h2-3,10,13-15,20H,4-9H2,1H3. The normalized spacial score (nSPS) is 29.6. The smallest absolute Gasteiger partial charge is 0.349 e. The number of pyridine rings is 1. The van der Waals surface area contributed by atoms with Gasteiger partial charge in [-0.3, -0.25) is 9.69 Å². The summed E-state index contributed by atoms with van der Waals surface area (Å²) in [6.07, 6.45) is 1.46. The maximum Gasteiger partial charge on any atom is 0.349 e. The lowest BCUT2D eigenvalue weighted by atomic mass is 10.0. The zero-order valence-corrected chi connectivity index (χ0v) is 15.8. The van der Waals surface area contributed by atoms with E-state index in [1.807, 2.05) is 7.05 Å². The van der Waals surface area contributed by atoms with E-state index in [0.717, 1.165) is 13.1 Å². The van der Waals surface area contributed by atoms with Crippen LogP contribution in [-0.2, 0) is 14.4 Å². The van der Waals surface area contributed by atoms with E-state index in [2.05, 4.69) is 20.5 Å². The van der Waals surface area contributed by atoms with Gasteiger partial charge < -0.3 is 15.1 Å². The van der Waals surface area contributed by atoms with Crippen LogP contribution < -0.4 is 15.5 Å². The summed E-state index contributed by atoms with van der Waals surface area (Å²) < 4.78 is 0. The Hall–Kier alpha value is -1.78. The summed E-state index contributed by atoms with van der Waals surface area (Å²) in [6.45, 7) is 4.05. The molecule has 27 heavy (non-hydrogen) atoms. The van der Waals surface area contributed by atoms with Crippen molar-refractivity contribution in [2.75, 3.05) is 51.2 Å². The average molecular weight is 394 g/mol. The molecular weight excluding hydrogens is 372 g/mol. The van der Waals surface area contributed by atoms with E-state index >= 15 is 0 Å². The highest BCUT2D eigenvalue weighted by Gasteiger charge is 2.55. The van der Waals surface area contributed by atoms with Crippen LogP contribution >= 0.6 is 11.6 Å². The predicted octanol–water partition coefficient (Wildman–Crippen LogP) is -0.899. The first kappa shape index (κ1) is 18.6. The Kier molecular flexibility index (Phi) is 5.29. The lowest BCUT2D eigenvalue weighted by Gasteiger charge is -2.33. The summed E-state index contributed by atoms with van der Waals surface area (Å²) in [5.41, 5.74) is 0. The van der Waals surface area contributed by atoms with Crippen LogP contribution in [0.3, 0.4) is 0 Å². The molecule has 4 rings (SSSR count). The van der Waals surface area contributed by atoms with Gasteiger partial charge in [0.15, 0.2) is 6.04 Å². The monoisotopic (exact) mass is 393 g/mol. The van der Waals surface area contributed by atoms with Crippen molar-refractivity contribution in [3.8, 4) is 0 Å². The van der Waals surface area contributed by atoms with Crippen LogP contribution in [-0.4, -0.2) is 91.3 Å². The minimum absolute atomic E-state index is 0.224. The molecule has 1 amide bonds. The molecule has 0 aromatic carbocycles. The minimum Gasteiger partial charge on any atom is -0.366 e. The number of anilines is 1. The van der Waals surface area contributed by atoms with Gasteiger partial charge in [0, 0.05) is 45.5 Å². The second kappa shape index (κ2) is 7.69. The largest absolute Gasteiger partial charge is 0.366 e. The Balaban J connectivity index is 1.58. The van der Waals surface area contributed by atoms with Crippen LogP contribution in [0, 0.1) is 0 Å². The highest BCUT2D eigenvalue weighted by Crippen LogP contribution is 2.29. The van der Waals surface area contributed by atoms with Crippen LogP contribution in [0.25, 0.3) is 0 Å². The Morgan fingerprint density at radius 3 is 2.78 bits per heavy atom. The highest BCUT2D eigenvalue weighted by molar-refractivity contribution is 6.30. The second-order valence-electron chi connectivity index (χ2n) is 6.96. The number of nitrogens with one attached hydrogen (secondary N) is 1. The van der Waals surface area contributed by atoms with Gasteiger partial charge in [-0.25, -0.2) is 15.1 Å². The van der Waals surface area contributed by atoms with Crippen molar-refractivity contribution < 1.29 is 14.4 Å². The summed E-state index contributed by atoms with van der Waals surface area (Å²) in [5, 5.41) is 9.82. The Bertz CT molecular complexity index is 709. The van der Waals surface area contributed by atoms with Gasteiger partial charge in [0.1, 0.15) is 11.9 Å². The molecule has 1 aromatic heterocycles. The highest BCUT2D eigenvalue weighted by atomic mass is 35.5. The summed E-state index contributed by atoms with van der Waals surface area (Å²) in [6, 6.07) is 1.40. The van der Waals surface area contributed by atoms with Gasteiger partial charge in [0.25, 0.3) is 0 Å². The number of nitrogens with zero attached hydrogens (tertiary/aromatic N) is 5. The number of piperazine rings is 2. The van der Waals surface area contributed by atoms with Crippen LogP contribution in [0.15, 0.2) is 18.3 Å². The van der Waals surface area contributed by atoms with Crippen molar-refractivity contribution in [2.45, 2.75) is 18.1 Å². The molecule has 1 N–H and O–H groups in total. The Morgan fingerprint density at radius 2 is 2.07 bits per heavy atom. The van der Waals surface area contributed by atoms with E-state index in [1.54, 1.807) is 17.2 Å². The van der Waals surface area contributed by atoms with Crippen molar-refractivity contribution in [1.29, 1.82) is 0 Å². The Labute approximate surface area is 162 Å². The third kappa shape index (κ3) is 3.65. The number of rotatable bonds is 3. The van der Waals surface area contributed by atoms with Crippen LogP contribution in [0.4, 0.5) is 5.82 Å². The first-order valence-electron chi connectivity index (χ1n) is 9.04. The average Bonchev–Trinajstić information content (AvgIpc) is 2.97. The number of hydrogen-bond donors (Lipinski definition) is 1. The van der Waals surface area contributed by atoms with Gasteiger partial charge in [-0.1, -0.05) is 11.6 Å². The maximum atomic E-state index is 13.0. The molecule has 4 heterocycles. The zero-order valence-electron chi connectivity index (χ0n) is 15.0. The van der Waals surface area contributed by atoms with E-state index in [1.165, 1.54) is 11.1 Å². The van der Waals surface area contributed by atoms with Crippen molar-refractivity contribution in [1.82, 2.24) is 25.6 Å². The van der Waals surface area contributed by atoms with Gasteiger partial charge in [0.05, 0.1) is 11.1 Å². The van der Waals surface area contributed by atoms with Gasteiger partial charge >= 0.3 is 5.97 Å². The number of halogens is 1. The molecule has 9 nitrogen and oxygen atoms in total. The number of aromatic nitrogens is 1. The third-order valence-electron chi connectivity index (χ3n) is 5.14. The molecule has 3 saturated heterocycles. The summed E-state index contributed by atoms with van der Waals surface area (Å²) in [7, 11) is 2.03. The number of amides is 1. The molecule has 0 bridgehead atoms. The molecule has 3 aliphatic rings. The van der Waals surface area contributed by atoms with E-state index in [0.29, 0.717) is 37.0 Å². The number of hydroxylamine groups is 2. The molecule has 1 radical (unpaired) electrons. The number of carbonyl (C=O) groups excluding carboxylic acids is 2. The van der Waals surface area contributed by atoms with Crippen molar-refractivity contribution in [2.24, 2.45) is 0 Å². The fourth-order valence-corrected chi connectivity index (χ4v) is 3.80. The molecular formula is C17H22ClN6O3. The summed E-state index contributed by atoms with van der Waals surface area (Å²) in [5.74, 6) is -0.334. The van der Waals surface area contributed by atoms with E-state index in [-0.39, 0.29) is 5.91 Å². The number of likely N-dealkylation sites (N-methyl/N-ethyl adjacent to an activating group) is 1. The molecule has 1 aromatic rings. The van der Waals surface area contributed by atoms with Gasteiger partial charge in [-0.2, -0.15) is 0 Å². The maximum absolute atomic E-state index is 13.0. The van der Waals surface area contributed by atoms with Gasteiger partial charge in [-0.15, -0.1) is 5.06 Å². The molecule has 3 fully saturated rings. The number of carbonyl (C=O) groups is 2. The van der Waals surface area contributed by atoms with E-state index in [9.17, 15) is 9.59 Å². The van der Waals surface area contributed by atoms with E-state index in [4.69, 9.17) is 16.4 Å². The van der Waals surface area contributed by atoms with Crippen LogP contribution in [0.2, 0.25) is 5.02 Å². The molecule has 0 spiro atoms. The van der Waals surface area contributed by atoms with E-state index < -0.39 is 24.1 Å². The van der Waals surface area contributed by atoms with Crippen molar-refractivity contribution in [3.05, 3.63) is 23.4 Å². The fourth-order valence-electron chi connectivity index (χ4n) is 3.69. The number of fused-ring (bicyclic) bond motifs is 1. The minimum atomic E-state index is -0.844. The second-order valence-corrected chi connectivity index (χ2v) is 7.40. The molecule has 145 valence electrons. The van der Waals surface area contributed by atoms with Crippen LogP contribution in [0.5, 0.6) is 0 Å². The van der Waals surface area contributed by atoms with Crippen molar-refractivity contribution >= 4 is 29.3 Å². The first-order chi connectivity index (χ1) is 13.0. The zero-order chi connectivity index (χ0) is 19.0. The Morgan fingerprint density at radius 1 is 1.30 bits per heavy atom. The third-order valence-corrected chi connectivity index (χ3v) is 5.37.